The number of aromatic nitrogens is 2. The highest BCUT2D eigenvalue weighted by Crippen LogP contribution is 2.46. The van der Waals surface area contributed by atoms with Gasteiger partial charge in [-0.1, -0.05) is 6.92 Å². The summed E-state index contributed by atoms with van der Waals surface area (Å²) in [4.78, 5) is 21.8. The van der Waals surface area contributed by atoms with Gasteiger partial charge in [0.2, 0.25) is 12.4 Å². The summed E-state index contributed by atoms with van der Waals surface area (Å²) in [6.45, 7) is 2.59. The van der Waals surface area contributed by atoms with E-state index in [-0.39, 0.29) is 61.5 Å². The van der Waals surface area contributed by atoms with Gasteiger partial charge in [-0.25, -0.2) is 9.97 Å². The Morgan fingerprint density at radius 3 is 2.06 bits per heavy atom. The third-order valence-electron chi connectivity index (χ3n) is 7.96. The lowest BCUT2D eigenvalue weighted by molar-refractivity contribution is -0.143. The number of hydrogen-bond acceptors (Lipinski definition) is 8. The molecule has 274 valence electrons. The number of halogens is 9. The van der Waals surface area contributed by atoms with Crippen molar-refractivity contribution in [3.63, 3.8) is 0 Å². The number of nitrogens with zero attached hydrogens (tertiary/aromatic N) is 4. The van der Waals surface area contributed by atoms with Crippen molar-refractivity contribution >= 4 is 17.6 Å². The van der Waals surface area contributed by atoms with Crippen LogP contribution in [0.5, 0.6) is 5.75 Å². The van der Waals surface area contributed by atoms with E-state index < -0.39 is 71.8 Å². The Morgan fingerprint density at radius 2 is 1.54 bits per heavy atom. The highest BCUT2D eigenvalue weighted by atomic mass is 19.4. The number of alkyl halides is 9. The molecule has 0 aliphatic carbocycles. The SMILES string of the molecule is CCOC(O)N1c2ccc(C(F)(F)F)cc2[C@@H](N(Cc2cc(C(F)(F)F)cc(C(F)(F)F)c2)c2ncc(OCCCC(=O)O)cn2)C[C@H]1CC. The molecule has 0 fully saturated rings. The van der Waals surface area contributed by atoms with Crippen LogP contribution in [0.1, 0.15) is 73.4 Å². The average molecular weight is 725 g/mol. The predicted molar refractivity (Wildman–Crippen MR) is 160 cm³/mol. The second-order valence-corrected chi connectivity index (χ2v) is 11.4. The molecule has 18 heteroatoms. The van der Waals surface area contributed by atoms with E-state index in [9.17, 15) is 49.4 Å². The van der Waals surface area contributed by atoms with Crippen LogP contribution in [0, 0.1) is 0 Å². The lowest BCUT2D eigenvalue weighted by Gasteiger charge is -2.47. The Kier molecular flexibility index (Phi) is 11.8. The zero-order valence-electron chi connectivity index (χ0n) is 26.6. The first-order chi connectivity index (χ1) is 23.3. The maximum Gasteiger partial charge on any atom is 0.416 e. The van der Waals surface area contributed by atoms with Crippen molar-refractivity contribution in [2.24, 2.45) is 0 Å². The van der Waals surface area contributed by atoms with Gasteiger partial charge in [0.1, 0.15) is 0 Å². The van der Waals surface area contributed by atoms with Crippen molar-refractivity contribution in [2.45, 2.75) is 83.1 Å². The lowest BCUT2D eigenvalue weighted by Crippen LogP contribution is -2.50. The highest BCUT2D eigenvalue weighted by molar-refractivity contribution is 5.66. The van der Waals surface area contributed by atoms with E-state index in [1.54, 1.807) is 13.8 Å². The molecule has 0 saturated carbocycles. The number of carboxylic acids is 1. The van der Waals surface area contributed by atoms with Crippen molar-refractivity contribution in [3.05, 3.63) is 76.6 Å². The normalized spacial score (nSPS) is 17.3. The predicted octanol–water partition coefficient (Wildman–Crippen LogP) is 7.83. The molecular weight excluding hydrogens is 691 g/mol. The van der Waals surface area contributed by atoms with Crippen molar-refractivity contribution in [1.82, 2.24) is 9.97 Å². The van der Waals surface area contributed by atoms with E-state index >= 15 is 0 Å². The van der Waals surface area contributed by atoms with Gasteiger partial charge in [-0.3, -0.25) is 4.79 Å². The number of ether oxygens (including phenoxy) is 2. The molecule has 2 heterocycles. The van der Waals surface area contributed by atoms with Gasteiger partial charge >= 0.3 is 24.5 Å². The summed E-state index contributed by atoms with van der Waals surface area (Å²) in [6, 6.07) is 1.89. The molecule has 0 radical (unpaired) electrons. The summed E-state index contributed by atoms with van der Waals surface area (Å²) in [6.07, 6.45) is -14.4. The summed E-state index contributed by atoms with van der Waals surface area (Å²) in [7, 11) is 0. The Labute approximate surface area is 280 Å². The number of carbonyl (C=O) groups is 1. The van der Waals surface area contributed by atoms with Crippen LogP contribution in [-0.4, -0.2) is 51.8 Å². The van der Waals surface area contributed by atoms with Crippen molar-refractivity contribution in [2.75, 3.05) is 23.0 Å². The second kappa shape index (κ2) is 15.3. The van der Waals surface area contributed by atoms with Gasteiger partial charge in [0.15, 0.2) is 5.75 Å². The quantitative estimate of drug-likeness (QED) is 0.104. The lowest BCUT2D eigenvalue weighted by atomic mass is 9.87. The first kappa shape index (κ1) is 38.5. The van der Waals surface area contributed by atoms with Crippen LogP contribution in [0.4, 0.5) is 51.1 Å². The van der Waals surface area contributed by atoms with Gasteiger partial charge in [0.05, 0.1) is 41.7 Å². The first-order valence-electron chi connectivity index (χ1n) is 15.3. The standard InChI is InChI=1S/C32H33F9N4O5/c1-3-22-14-26(24-13-19(30(33,34)35)7-8-25(24)45(22)29(48)49-4-2)44(28-42-15-23(16-43-28)50-9-5-6-27(46)47)17-18-10-20(31(36,37)38)12-21(11-18)32(39,40)41/h7-8,10-13,15-16,22,26,29,48H,3-6,9,14,17H2,1-2H3,(H,46,47)/t22-,26+,29?/m1/s1. The molecule has 50 heavy (non-hydrogen) atoms. The van der Waals surface area contributed by atoms with Gasteiger partial charge < -0.3 is 29.5 Å². The summed E-state index contributed by atoms with van der Waals surface area (Å²) in [5.41, 5.74) is -4.73. The van der Waals surface area contributed by atoms with Crippen LogP contribution in [-0.2, 0) is 34.6 Å². The molecule has 1 aliphatic rings. The third kappa shape index (κ3) is 9.26. The largest absolute Gasteiger partial charge is 0.490 e. The Bertz CT molecular complexity index is 1590. The second-order valence-electron chi connectivity index (χ2n) is 11.4. The molecule has 9 nitrogen and oxygen atoms in total. The molecule has 2 N–H and O–H groups in total. The van der Waals surface area contributed by atoms with Gasteiger partial charge in [-0.05, 0) is 73.7 Å². The topological polar surface area (TPSA) is 108 Å². The molecule has 3 aromatic rings. The molecule has 0 spiro atoms. The van der Waals surface area contributed by atoms with Crippen LogP contribution in [0.25, 0.3) is 0 Å². The molecule has 2 aromatic carbocycles. The smallest absolute Gasteiger partial charge is 0.416 e. The number of rotatable bonds is 13. The molecule has 0 amide bonds. The Hall–Kier alpha value is -4.32. The minimum absolute atomic E-state index is 0.0353. The molecule has 4 rings (SSSR count). The van der Waals surface area contributed by atoms with Crippen molar-refractivity contribution < 1.29 is 64.0 Å². The molecule has 1 unspecified atom stereocenters. The number of aliphatic carboxylic acids is 1. The molecule has 1 aromatic heterocycles. The fraction of sp³-hybridized carbons (Fsp3) is 0.469. The van der Waals surface area contributed by atoms with E-state index in [2.05, 4.69) is 9.97 Å². The van der Waals surface area contributed by atoms with E-state index in [0.29, 0.717) is 18.6 Å². The Balaban J connectivity index is 1.89. The Morgan fingerprint density at radius 1 is 0.940 bits per heavy atom. The minimum atomic E-state index is -5.17. The summed E-state index contributed by atoms with van der Waals surface area (Å²) in [5, 5.41) is 19.7. The molecule has 0 bridgehead atoms. The molecule has 0 saturated heterocycles. The number of anilines is 2. The third-order valence-corrected chi connectivity index (χ3v) is 7.96. The van der Waals surface area contributed by atoms with Gasteiger partial charge in [-0.2, -0.15) is 39.5 Å². The number of benzene rings is 2. The maximum absolute atomic E-state index is 14.0. The fourth-order valence-corrected chi connectivity index (χ4v) is 5.69. The minimum Gasteiger partial charge on any atom is -0.490 e. The van der Waals surface area contributed by atoms with E-state index in [0.717, 1.165) is 30.6 Å². The first-order valence-corrected chi connectivity index (χ1v) is 15.3. The number of aliphatic hydroxyl groups is 1. The number of carboxylic acid groups (broad SMARTS) is 1. The van der Waals surface area contributed by atoms with Gasteiger partial charge in [0, 0.05) is 31.3 Å². The number of hydrogen-bond donors (Lipinski definition) is 2. The summed E-state index contributed by atoms with van der Waals surface area (Å²) >= 11 is 0. The summed E-state index contributed by atoms with van der Waals surface area (Å²) in [5.74, 6) is -1.27. The molecule has 1 aliphatic heterocycles. The van der Waals surface area contributed by atoms with Crippen LogP contribution in [0.15, 0.2) is 48.8 Å². The van der Waals surface area contributed by atoms with E-state index in [1.807, 2.05) is 0 Å². The van der Waals surface area contributed by atoms with Crippen molar-refractivity contribution in [3.8, 4) is 5.75 Å². The van der Waals surface area contributed by atoms with Gasteiger partial charge in [-0.15, -0.1) is 0 Å². The van der Waals surface area contributed by atoms with Crippen LogP contribution in [0.2, 0.25) is 0 Å². The molecule has 3 atom stereocenters. The van der Waals surface area contributed by atoms with Crippen molar-refractivity contribution in [1.29, 1.82) is 0 Å². The highest BCUT2D eigenvalue weighted by Gasteiger charge is 2.42. The zero-order valence-corrected chi connectivity index (χ0v) is 26.6. The maximum atomic E-state index is 14.0. The number of fused-ring (bicyclic) bond motifs is 1. The van der Waals surface area contributed by atoms with Crippen LogP contribution >= 0.6 is 0 Å². The molecular formula is C32H33F9N4O5. The fourth-order valence-electron chi connectivity index (χ4n) is 5.69. The number of aliphatic hydroxyl groups excluding tert-OH is 1. The van der Waals surface area contributed by atoms with Gasteiger partial charge in [0.25, 0.3) is 0 Å². The van der Waals surface area contributed by atoms with Crippen LogP contribution in [0.3, 0.4) is 0 Å². The summed E-state index contributed by atoms with van der Waals surface area (Å²) < 4.78 is 136. The van der Waals surface area contributed by atoms with E-state index in [1.165, 1.54) is 9.80 Å². The average Bonchev–Trinajstić information content (AvgIpc) is 3.03. The monoisotopic (exact) mass is 724 g/mol. The van der Waals surface area contributed by atoms with Crippen LogP contribution < -0.4 is 14.5 Å². The van der Waals surface area contributed by atoms with E-state index in [4.69, 9.17) is 14.6 Å². The zero-order chi connectivity index (χ0) is 37.0.